The van der Waals surface area contributed by atoms with E-state index in [1.807, 2.05) is 20.8 Å². The molecule has 2 rings (SSSR count). The zero-order valence-electron chi connectivity index (χ0n) is 10.2. The van der Waals surface area contributed by atoms with Gasteiger partial charge in [-0.05, 0) is 48.8 Å². The van der Waals surface area contributed by atoms with Crippen LogP contribution >= 0.6 is 27.5 Å². The highest BCUT2D eigenvalue weighted by Crippen LogP contribution is 2.26. The van der Waals surface area contributed by atoms with Gasteiger partial charge in [0.1, 0.15) is 10.2 Å². The summed E-state index contributed by atoms with van der Waals surface area (Å²) in [6.07, 6.45) is 1.16. The molecule has 0 amide bonds. The number of halogens is 2. The van der Waals surface area contributed by atoms with Gasteiger partial charge in [0.2, 0.25) is 0 Å². The first-order chi connectivity index (χ1) is 8.28. The molecule has 0 aliphatic carbocycles. The van der Waals surface area contributed by atoms with Crippen LogP contribution in [-0.2, 0) is 4.74 Å². The standard InChI is InChI=1S/C12H12BrClN2O2/c1-12(2,3)18-11(17)16-5-4-7-6-8(14)9(13)15-10(7)16/h4-6H,1-3H3. The number of carbonyl (C=O) groups is 1. The zero-order chi connectivity index (χ0) is 13.5. The highest BCUT2D eigenvalue weighted by Gasteiger charge is 2.19. The Labute approximate surface area is 118 Å². The molecule has 0 saturated heterocycles. The fourth-order valence-electron chi connectivity index (χ4n) is 1.47. The quantitative estimate of drug-likeness (QED) is 0.678. The Balaban J connectivity index is 2.46. The molecule has 0 spiro atoms. The highest BCUT2D eigenvalue weighted by molar-refractivity contribution is 9.10. The van der Waals surface area contributed by atoms with Crippen LogP contribution in [0, 0.1) is 0 Å². The molecule has 2 aromatic heterocycles. The number of ether oxygens (including phenoxy) is 1. The van der Waals surface area contributed by atoms with Crippen molar-refractivity contribution in [3.63, 3.8) is 0 Å². The molecule has 0 aliphatic rings. The van der Waals surface area contributed by atoms with Crippen LogP contribution in [0.25, 0.3) is 11.0 Å². The molecular weight excluding hydrogens is 320 g/mol. The summed E-state index contributed by atoms with van der Waals surface area (Å²) in [4.78, 5) is 16.2. The number of rotatable bonds is 0. The summed E-state index contributed by atoms with van der Waals surface area (Å²) in [5.74, 6) is 0. The van der Waals surface area contributed by atoms with Crippen LogP contribution in [-0.4, -0.2) is 21.2 Å². The van der Waals surface area contributed by atoms with Gasteiger partial charge in [-0.25, -0.2) is 14.3 Å². The van der Waals surface area contributed by atoms with Gasteiger partial charge in [0.05, 0.1) is 5.02 Å². The van der Waals surface area contributed by atoms with E-state index in [-0.39, 0.29) is 0 Å². The number of hydrogen-bond acceptors (Lipinski definition) is 3. The molecule has 0 bridgehead atoms. The van der Waals surface area contributed by atoms with Gasteiger partial charge in [-0.3, -0.25) is 0 Å². The van der Waals surface area contributed by atoms with E-state index in [1.54, 1.807) is 18.3 Å². The molecule has 96 valence electrons. The third-order valence-corrected chi connectivity index (χ3v) is 3.28. The second kappa shape index (κ2) is 4.55. The Hall–Kier alpha value is -1.07. The maximum Gasteiger partial charge on any atom is 0.420 e. The Bertz CT molecular complexity index is 616. The summed E-state index contributed by atoms with van der Waals surface area (Å²) in [5, 5.41) is 1.29. The van der Waals surface area contributed by atoms with Crippen LogP contribution in [0.1, 0.15) is 20.8 Å². The monoisotopic (exact) mass is 330 g/mol. The van der Waals surface area contributed by atoms with Crippen LogP contribution in [0.15, 0.2) is 22.9 Å². The van der Waals surface area contributed by atoms with E-state index in [2.05, 4.69) is 20.9 Å². The number of aromatic nitrogens is 2. The van der Waals surface area contributed by atoms with Crippen LogP contribution in [0.2, 0.25) is 5.02 Å². The molecule has 18 heavy (non-hydrogen) atoms. The van der Waals surface area contributed by atoms with Crippen LogP contribution in [0.3, 0.4) is 0 Å². The Morgan fingerprint density at radius 3 is 2.78 bits per heavy atom. The number of fused-ring (bicyclic) bond motifs is 1. The number of carbonyl (C=O) groups excluding carboxylic acids is 1. The van der Waals surface area contributed by atoms with Gasteiger partial charge in [0, 0.05) is 11.6 Å². The molecule has 0 N–H and O–H groups in total. The first-order valence-corrected chi connectivity index (χ1v) is 6.51. The number of pyridine rings is 1. The lowest BCUT2D eigenvalue weighted by Crippen LogP contribution is -2.26. The summed E-state index contributed by atoms with van der Waals surface area (Å²) in [7, 11) is 0. The normalized spacial score (nSPS) is 11.8. The van der Waals surface area contributed by atoms with Crippen molar-refractivity contribution in [2.75, 3.05) is 0 Å². The van der Waals surface area contributed by atoms with Crippen molar-refractivity contribution in [2.24, 2.45) is 0 Å². The third-order valence-electron chi connectivity index (χ3n) is 2.16. The van der Waals surface area contributed by atoms with Crippen molar-refractivity contribution in [1.82, 2.24) is 9.55 Å². The maximum atomic E-state index is 12.0. The molecular formula is C12H12BrClN2O2. The van der Waals surface area contributed by atoms with Crippen molar-refractivity contribution in [1.29, 1.82) is 0 Å². The van der Waals surface area contributed by atoms with Gasteiger partial charge < -0.3 is 4.74 Å². The van der Waals surface area contributed by atoms with Gasteiger partial charge in [0.25, 0.3) is 0 Å². The molecule has 0 unspecified atom stereocenters. The van der Waals surface area contributed by atoms with Crippen molar-refractivity contribution >= 4 is 44.7 Å². The molecule has 0 saturated carbocycles. The predicted molar refractivity (Wildman–Crippen MR) is 74.1 cm³/mol. The summed E-state index contributed by atoms with van der Waals surface area (Å²) >= 11 is 9.19. The van der Waals surface area contributed by atoms with Crippen molar-refractivity contribution in [3.8, 4) is 0 Å². The second-order valence-corrected chi connectivity index (χ2v) is 6.00. The first-order valence-electron chi connectivity index (χ1n) is 5.34. The minimum Gasteiger partial charge on any atom is -0.443 e. The Morgan fingerprint density at radius 2 is 2.17 bits per heavy atom. The van der Waals surface area contributed by atoms with Gasteiger partial charge in [-0.1, -0.05) is 11.6 Å². The van der Waals surface area contributed by atoms with E-state index in [9.17, 15) is 4.79 Å². The molecule has 0 fully saturated rings. The largest absolute Gasteiger partial charge is 0.443 e. The SMILES string of the molecule is CC(C)(C)OC(=O)n1ccc2cc(Cl)c(Br)nc21. The molecule has 0 radical (unpaired) electrons. The molecule has 4 nitrogen and oxygen atoms in total. The van der Waals surface area contributed by atoms with Crippen LogP contribution in [0.5, 0.6) is 0 Å². The zero-order valence-corrected chi connectivity index (χ0v) is 12.5. The first kappa shape index (κ1) is 13.4. The van der Waals surface area contributed by atoms with Gasteiger partial charge in [0.15, 0.2) is 5.65 Å². The lowest BCUT2D eigenvalue weighted by Gasteiger charge is -2.19. The molecule has 0 aliphatic heterocycles. The summed E-state index contributed by atoms with van der Waals surface area (Å²) in [6, 6.07) is 3.51. The smallest absolute Gasteiger partial charge is 0.420 e. The van der Waals surface area contributed by atoms with Crippen molar-refractivity contribution < 1.29 is 9.53 Å². The van der Waals surface area contributed by atoms with Gasteiger partial charge in [-0.2, -0.15) is 0 Å². The molecule has 0 aromatic carbocycles. The van der Waals surface area contributed by atoms with Crippen LogP contribution in [0.4, 0.5) is 4.79 Å². The van der Waals surface area contributed by atoms with Gasteiger partial charge >= 0.3 is 6.09 Å². The van der Waals surface area contributed by atoms with E-state index < -0.39 is 11.7 Å². The van der Waals surface area contributed by atoms with Crippen molar-refractivity contribution in [3.05, 3.63) is 28.0 Å². The minimum atomic E-state index is -0.544. The topological polar surface area (TPSA) is 44.1 Å². The molecule has 0 atom stereocenters. The minimum absolute atomic E-state index is 0.459. The second-order valence-electron chi connectivity index (χ2n) is 4.84. The predicted octanol–water partition coefficient (Wildman–Crippen LogP) is 4.24. The maximum absolute atomic E-state index is 12.0. The molecule has 2 aromatic rings. The van der Waals surface area contributed by atoms with Gasteiger partial charge in [-0.15, -0.1) is 0 Å². The van der Waals surface area contributed by atoms with Crippen molar-refractivity contribution in [2.45, 2.75) is 26.4 Å². The van der Waals surface area contributed by atoms with E-state index in [4.69, 9.17) is 16.3 Å². The summed E-state index contributed by atoms with van der Waals surface area (Å²) in [6.45, 7) is 5.45. The summed E-state index contributed by atoms with van der Waals surface area (Å²) in [5.41, 5.74) is -0.0299. The third kappa shape index (κ3) is 2.67. The Morgan fingerprint density at radius 1 is 1.50 bits per heavy atom. The van der Waals surface area contributed by atoms with E-state index in [1.165, 1.54) is 4.57 Å². The molecule has 2 heterocycles. The van der Waals surface area contributed by atoms with Crippen LogP contribution < -0.4 is 0 Å². The lowest BCUT2D eigenvalue weighted by molar-refractivity contribution is 0.0543. The number of hydrogen-bond donors (Lipinski definition) is 0. The molecule has 6 heteroatoms. The fourth-order valence-corrected chi connectivity index (χ4v) is 1.91. The Kier molecular flexibility index (Phi) is 3.38. The highest BCUT2D eigenvalue weighted by atomic mass is 79.9. The average molecular weight is 332 g/mol. The van der Waals surface area contributed by atoms with E-state index in [0.29, 0.717) is 15.3 Å². The average Bonchev–Trinajstić information content (AvgIpc) is 2.59. The summed E-state index contributed by atoms with van der Waals surface area (Å²) < 4.78 is 7.16. The van der Waals surface area contributed by atoms with E-state index >= 15 is 0 Å². The van der Waals surface area contributed by atoms with E-state index in [0.717, 1.165) is 5.39 Å². The lowest BCUT2D eigenvalue weighted by atomic mass is 10.2. The fraction of sp³-hybridized carbons (Fsp3) is 0.333. The number of nitrogens with zero attached hydrogens (tertiary/aromatic N) is 2.